The minimum Gasteiger partial charge on any atom is -0.546 e. The average molecular weight is 410 g/mol. The van der Waals surface area contributed by atoms with Crippen LogP contribution in [-0.4, -0.2) is 49.6 Å². The van der Waals surface area contributed by atoms with Gasteiger partial charge in [-0.05, 0) is 45.8 Å². The Labute approximate surface area is 170 Å². The molecule has 2 rings (SSSR count). The number of nitrogens with zero attached hydrogens (tertiary/aromatic N) is 1. The number of hydrogen-bond acceptors (Lipinski definition) is 5. The van der Waals surface area contributed by atoms with Crippen LogP contribution in [0.4, 0.5) is 4.79 Å². The number of esters is 1. The molecule has 0 N–H and O–H groups in total. The molecule has 0 aliphatic carbocycles. The summed E-state index contributed by atoms with van der Waals surface area (Å²) in [6.45, 7) is 18.2. The lowest BCUT2D eigenvalue weighted by Crippen LogP contribution is -2.56. The molecule has 0 radical (unpaired) electrons. The van der Waals surface area contributed by atoms with E-state index in [1.165, 1.54) is 7.11 Å². The maximum atomic E-state index is 12.9. The van der Waals surface area contributed by atoms with Crippen molar-refractivity contribution in [2.75, 3.05) is 7.11 Å². The number of rotatable bonds is 3. The Kier molecular flexibility index (Phi) is 5.58. The molecule has 0 saturated carbocycles. The highest BCUT2D eigenvalue weighted by atomic mass is 28.4. The van der Waals surface area contributed by atoms with Gasteiger partial charge in [-0.15, -0.1) is 0 Å². The molecule has 0 aromatic heterocycles. The second-order valence-electron chi connectivity index (χ2n) is 10.4. The lowest BCUT2D eigenvalue weighted by molar-refractivity contribution is -0.137. The molecule has 0 aromatic rings. The zero-order valence-electron chi connectivity index (χ0n) is 18.9. The van der Waals surface area contributed by atoms with E-state index in [1.807, 2.05) is 39.8 Å². The lowest BCUT2D eigenvalue weighted by atomic mass is 9.90. The second kappa shape index (κ2) is 6.93. The number of carbonyl (C=O) groups is 2. The molecule has 2 atom stereocenters. The van der Waals surface area contributed by atoms with Gasteiger partial charge in [0.2, 0.25) is 8.32 Å². The van der Waals surface area contributed by atoms with Gasteiger partial charge < -0.3 is 13.9 Å². The van der Waals surface area contributed by atoms with Gasteiger partial charge in [0.1, 0.15) is 5.60 Å². The Morgan fingerprint density at radius 3 is 2.21 bits per heavy atom. The first kappa shape index (κ1) is 22.5. The van der Waals surface area contributed by atoms with Crippen LogP contribution >= 0.6 is 0 Å². The summed E-state index contributed by atoms with van der Waals surface area (Å²) in [5.41, 5.74) is -0.841. The molecule has 0 aromatic carbocycles. The highest BCUT2D eigenvalue weighted by Gasteiger charge is 2.53. The van der Waals surface area contributed by atoms with Crippen molar-refractivity contribution in [1.29, 1.82) is 0 Å². The predicted molar refractivity (Wildman–Crippen MR) is 111 cm³/mol. The monoisotopic (exact) mass is 409 g/mol. The fraction of sp³-hybridized carbons (Fsp3) is 0.714. The van der Waals surface area contributed by atoms with Gasteiger partial charge in [0, 0.05) is 6.42 Å². The van der Waals surface area contributed by atoms with Gasteiger partial charge in [0.15, 0.2) is 0 Å². The molecule has 1 amide bonds. The largest absolute Gasteiger partial charge is 0.546 e. The number of ether oxygens (including phenoxy) is 2. The quantitative estimate of drug-likeness (QED) is 0.381. The number of hydrogen-bond donors (Lipinski definition) is 0. The van der Waals surface area contributed by atoms with Crippen LogP contribution in [0.5, 0.6) is 0 Å². The minimum atomic E-state index is -2.17. The number of methoxy groups -OCH3 is 1. The Morgan fingerprint density at radius 2 is 1.75 bits per heavy atom. The molecular weight excluding hydrogens is 374 g/mol. The van der Waals surface area contributed by atoms with Gasteiger partial charge in [-0.2, -0.15) is 0 Å². The maximum Gasteiger partial charge on any atom is 0.411 e. The number of amides is 1. The van der Waals surface area contributed by atoms with Crippen molar-refractivity contribution < 1.29 is 23.5 Å². The van der Waals surface area contributed by atoms with Gasteiger partial charge in [0.05, 0.1) is 30.0 Å². The molecule has 28 heavy (non-hydrogen) atoms. The predicted octanol–water partition coefficient (Wildman–Crippen LogP) is 4.77. The first-order valence-electron chi connectivity index (χ1n) is 9.74. The van der Waals surface area contributed by atoms with E-state index < -0.39 is 37.6 Å². The van der Waals surface area contributed by atoms with Gasteiger partial charge in [0.25, 0.3) is 0 Å². The molecule has 2 heterocycles. The van der Waals surface area contributed by atoms with Crippen molar-refractivity contribution >= 4 is 20.4 Å². The normalized spacial score (nSPS) is 25.1. The van der Waals surface area contributed by atoms with Crippen molar-refractivity contribution in [2.24, 2.45) is 0 Å². The molecule has 0 fully saturated rings. The van der Waals surface area contributed by atoms with Crippen LogP contribution in [0.25, 0.3) is 0 Å². The Bertz CT molecular complexity index is 726. The topological polar surface area (TPSA) is 65.1 Å². The van der Waals surface area contributed by atoms with Crippen LogP contribution in [0.3, 0.4) is 0 Å². The third-order valence-electron chi connectivity index (χ3n) is 5.76. The molecule has 2 aliphatic rings. The Morgan fingerprint density at radius 1 is 1.18 bits per heavy atom. The van der Waals surface area contributed by atoms with Gasteiger partial charge in [-0.25, -0.2) is 9.59 Å². The number of fused-ring (bicyclic) bond motifs is 2. The van der Waals surface area contributed by atoms with Gasteiger partial charge in [-0.3, -0.25) is 4.90 Å². The minimum absolute atomic E-state index is 0.0170. The molecule has 6 nitrogen and oxygen atoms in total. The molecule has 0 saturated heterocycles. The van der Waals surface area contributed by atoms with Crippen LogP contribution in [0, 0.1) is 0 Å². The zero-order valence-corrected chi connectivity index (χ0v) is 19.9. The standard InChI is InChI=1S/C21H35NO5Si/c1-19(2,3)26-18(24)22-14-11-12-21(22,7)13-15(16(14)17(23)25-8)27-28(9,10)20(4,5)6/h11-12,14H,13H2,1-10H3. The third-order valence-corrected chi connectivity index (χ3v) is 10.1. The summed E-state index contributed by atoms with van der Waals surface area (Å²) in [7, 11) is -0.822. The van der Waals surface area contributed by atoms with Crippen molar-refractivity contribution in [3.8, 4) is 0 Å². The van der Waals surface area contributed by atoms with E-state index in [2.05, 4.69) is 33.9 Å². The summed E-state index contributed by atoms with van der Waals surface area (Å²) in [6.07, 6.45) is 3.80. The maximum absolute atomic E-state index is 12.9. The van der Waals surface area contributed by atoms with Crippen molar-refractivity contribution in [1.82, 2.24) is 4.90 Å². The highest BCUT2D eigenvalue weighted by molar-refractivity contribution is 6.74. The molecular formula is C21H35NO5Si. The van der Waals surface area contributed by atoms with E-state index in [9.17, 15) is 9.59 Å². The molecule has 2 bridgehead atoms. The van der Waals surface area contributed by atoms with Gasteiger partial charge >= 0.3 is 12.1 Å². The van der Waals surface area contributed by atoms with Crippen LogP contribution < -0.4 is 0 Å². The molecule has 0 spiro atoms. The van der Waals surface area contributed by atoms with Gasteiger partial charge in [-0.1, -0.05) is 32.9 Å². The fourth-order valence-corrected chi connectivity index (χ4v) is 4.37. The zero-order chi connectivity index (χ0) is 21.7. The summed E-state index contributed by atoms with van der Waals surface area (Å²) in [4.78, 5) is 27.3. The number of carbonyl (C=O) groups excluding carboxylic acids is 2. The smallest absolute Gasteiger partial charge is 0.411 e. The van der Waals surface area contributed by atoms with Crippen molar-refractivity contribution in [2.45, 2.75) is 90.2 Å². The van der Waals surface area contributed by atoms with Crippen LogP contribution in [0.15, 0.2) is 23.5 Å². The van der Waals surface area contributed by atoms with E-state index in [0.717, 1.165) is 0 Å². The molecule has 158 valence electrons. The van der Waals surface area contributed by atoms with Crippen LogP contribution in [0.2, 0.25) is 18.1 Å². The molecule has 7 heteroatoms. The summed E-state index contributed by atoms with van der Waals surface area (Å²) in [5, 5.41) is -0.0170. The summed E-state index contributed by atoms with van der Waals surface area (Å²) >= 11 is 0. The summed E-state index contributed by atoms with van der Waals surface area (Å²) in [5.74, 6) is 0.164. The lowest BCUT2D eigenvalue weighted by Gasteiger charge is -2.46. The van der Waals surface area contributed by atoms with E-state index >= 15 is 0 Å². The van der Waals surface area contributed by atoms with E-state index in [1.54, 1.807) is 4.90 Å². The Hall–Kier alpha value is -1.76. The van der Waals surface area contributed by atoms with E-state index in [0.29, 0.717) is 17.8 Å². The first-order valence-corrected chi connectivity index (χ1v) is 12.7. The van der Waals surface area contributed by atoms with Crippen molar-refractivity contribution in [3.05, 3.63) is 23.5 Å². The fourth-order valence-electron chi connectivity index (χ4n) is 3.27. The SMILES string of the molecule is COC(=O)C1=C(O[Si](C)(C)C(C)(C)C)CC2(C)C=CC1N2C(=O)OC(C)(C)C. The second-order valence-corrected chi connectivity index (χ2v) is 15.1. The first-order chi connectivity index (χ1) is 12.5. The van der Waals surface area contributed by atoms with Crippen LogP contribution in [0.1, 0.15) is 54.9 Å². The van der Waals surface area contributed by atoms with E-state index in [-0.39, 0.29) is 5.04 Å². The highest BCUT2D eigenvalue weighted by Crippen LogP contribution is 2.47. The third kappa shape index (κ3) is 4.14. The molecule has 2 unspecified atom stereocenters. The summed E-state index contributed by atoms with van der Waals surface area (Å²) < 4.78 is 17.2. The Balaban J connectivity index is 2.51. The van der Waals surface area contributed by atoms with Crippen molar-refractivity contribution in [3.63, 3.8) is 0 Å². The van der Waals surface area contributed by atoms with Crippen LogP contribution in [-0.2, 0) is 18.7 Å². The molecule has 2 aliphatic heterocycles. The van der Waals surface area contributed by atoms with E-state index in [4.69, 9.17) is 13.9 Å². The summed E-state index contributed by atoms with van der Waals surface area (Å²) in [6, 6.07) is -0.555. The average Bonchev–Trinajstić information content (AvgIpc) is 2.73.